The van der Waals surface area contributed by atoms with Crippen LogP contribution in [0.1, 0.15) is 90.9 Å². The molecule has 0 aromatic rings. The Hall–Kier alpha value is 0.546. The molecule has 0 N–H and O–H groups in total. The number of carboxylic acids is 1. The Balaban J connectivity index is 0. The summed E-state index contributed by atoms with van der Waals surface area (Å²) in [4.78, 5) is 13.0. The third-order valence-corrected chi connectivity index (χ3v) is 4.29. The van der Waals surface area contributed by atoms with Gasteiger partial charge in [0.2, 0.25) is 0 Å². The van der Waals surface area contributed by atoms with Gasteiger partial charge in [-0.3, -0.25) is 4.90 Å². The van der Waals surface area contributed by atoms with E-state index in [4.69, 9.17) is 0 Å². The Bertz CT molecular complexity index is 330. The molecular formula is C22H40KNO2. The van der Waals surface area contributed by atoms with E-state index in [2.05, 4.69) is 43.1 Å². The van der Waals surface area contributed by atoms with Crippen LogP contribution in [0.4, 0.5) is 0 Å². The van der Waals surface area contributed by atoms with Crippen molar-refractivity contribution < 1.29 is 61.3 Å². The smallest absolute Gasteiger partial charge is 0.549 e. The van der Waals surface area contributed by atoms with E-state index in [1.807, 2.05) is 0 Å². The van der Waals surface area contributed by atoms with Crippen LogP contribution in [0.2, 0.25) is 0 Å². The van der Waals surface area contributed by atoms with Crippen LogP contribution < -0.4 is 56.5 Å². The molecule has 0 heterocycles. The van der Waals surface area contributed by atoms with Gasteiger partial charge in [-0.25, -0.2) is 0 Å². The van der Waals surface area contributed by atoms with Gasteiger partial charge in [0.05, 0.1) is 5.97 Å². The molecule has 146 valence electrons. The van der Waals surface area contributed by atoms with Crippen molar-refractivity contribution in [1.82, 2.24) is 4.90 Å². The van der Waals surface area contributed by atoms with Crippen LogP contribution in [0.5, 0.6) is 0 Å². The SMILES string of the molecule is CCC/C=C/CCCCCN(CCCCC/C=C/CCC)CC(=O)[O-].[K+]. The summed E-state index contributed by atoms with van der Waals surface area (Å²) in [6.07, 6.45) is 23.0. The second-order valence-corrected chi connectivity index (χ2v) is 6.87. The van der Waals surface area contributed by atoms with Gasteiger partial charge in [-0.15, -0.1) is 0 Å². The summed E-state index contributed by atoms with van der Waals surface area (Å²) in [5.41, 5.74) is 0. The van der Waals surface area contributed by atoms with Crippen molar-refractivity contribution in [2.24, 2.45) is 0 Å². The van der Waals surface area contributed by atoms with Crippen molar-refractivity contribution in [2.45, 2.75) is 90.9 Å². The third kappa shape index (κ3) is 22.6. The van der Waals surface area contributed by atoms with E-state index in [0.29, 0.717) is 0 Å². The predicted octanol–water partition coefficient (Wildman–Crippen LogP) is 1.88. The minimum absolute atomic E-state index is 0. The maximum absolute atomic E-state index is 10.9. The quantitative estimate of drug-likeness (QED) is 0.204. The molecule has 0 aromatic carbocycles. The van der Waals surface area contributed by atoms with Crippen LogP contribution in [0.25, 0.3) is 0 Å². The molecule has 0 aliphatic rings. The number of carbonyl (C=O) groups is 1. The van der Waals surface area contributed by atoms with Gasteiger partial charge >= 0.3 is 51.4 Å². The van der Waals surface area contributed by atoms with Gasteiger partial charge in [-0.2, -0.15) is 0 Å². The van der Waals surface area contributed by atoms with E-state index >= 15 is 0 Å². The first-order chi connectivity index (χ1) is 12.2. The van der Waals surface area contributed by atoms with Crippen LogP contribution in [0.3, 0.4) is 0 Å². The van der Waals surface area contributed by atoms with Crippen LogP contribution in [-0.2, 0) is 4.79 Å². The van der Waals surface area contributed by atoms with Gasteiger partial charge in [0.25, 0.3) is 0 Å². The molecule has 0 saturated heterocycles. The number of carbonyl (C=O) groups excluding carboxylic acids is 1. The zero-order chi connectivity index (χ0) is 18.6. The monoisotopic (exact) mass is 389 g/mol. The Labute approximate surface area is 205 Å². The second-order valence-electron chi connectivity index (χ2n) is 6.87. The normalized spacial score (nSPS) is 11.5. The fraction of sp³-hybridized carbons (Fsp3) is 0.773. The van der Waals surface area contributed by atoms with Crippen molar-refractivity contribution in [3.05, 3.63) is 24.3 Å². The summed E-state index contributed by atoms with van der Waals surface area (Å²) >= 11 is 0. The summed E-state index contributed by atoms with van der Waals surface area (Å²) in [5.74, 6) is -0.954. The summed E-state index contributed by atoms with van der Waals surface area (Å²) < 4.78 is 0. The largest absolute Gasteiger partial charge is 1.00 e. The average Bonchev–Trinajstić information content (AvgIpc) is 2.58. The van der Waals surface area contributed by atoms with Gasteiger partial charge < -0.3 is 9.90 Å². The molecule has 0 aromatic heterocycles. The summed E-state index contributed by atoms with van der Waals surface area (Å²) in [7, 11) is 0. The molecule has 0 fully saturated rings. The topological polar surface area (TPSA) is 43.4 Å². The third-order valence-electron chi connectivity index (χ3n) is 4.29. The predicted molar refractivity (Wildman–Crippen MR) is 106 cm³/mol. The van der Waals surface area contributed by atoms with Gasteiger partial charge in [-0.1, -0.05) is 63.8 Å². The number of unbranched alkanes of at least 4 members (excludes halogenated alkanes) is 8. The number of hydrogen-bond donors (Lipinski definition) is 0. The Morgan fingerprint density at radius 1 is 0.731 bits per heavy atom. The van der Waals surface area contributed by atoms with Crippen LogP contribution in [0, 0.1) is 0 Å². The molecule has 0 unspecified atom stereocenters. The fourth-order valence-corrected chi connectivity index (χ4v) is 2.81. The molecule has 0 radical (unpaired) electrons. The van der Waals surface area contributed by atoms with E-state index in [1.165, 1.54) is 51.4 Å². The van der Waals surface area contributed by atoms with Gasteiger partial charge in [0, 0.05) is 6.54 Å². The molecule has 0 bridgehead atoms. The van der Waals surface area contributed by atoms with Crippen molar-refractivity contribution in [1.29, 1.82) is 0 Å². The van der Waals surface area contributed by atoms with Crippen LogP contribution in [0.15, 0.2) is 24.3 Å². The van der Waals surface area contributed by atoms with E-state index in [-0.39, 0.29) is 57.9 Å². The van der Waals surface area contributed by atoms with Gasteiger partial charge in [0.1, 0.15) is 0 Å². The molecule has 4 heteroatoms. The van der Waals surface area contributed by atoms with Crippen LogP contribution in [-0.4, -0.2) is 30.5 Å². The molecular weight excluding hydrogens is 349 g/mol. The van der Waals surface area contributed by atoms with Crippen molar-refractivity contribution in [3.8, 4) is 0 Å². The molecule has 0 rings (SSSR count). The Kier molecular flexibility index (Phi) is 26.1. The van der Waals surface area contributed by atoms with E-state index in [1.54, 1.807) is 0 Å². The molecule has 3 nitrogen and oxygen atoms in total. The number of aliphatic carboxylic acids is 1. The average molecular weight is 390 g/mol. The fourth-order valence-electron chi connectivity index (χ4n) is 2.81. The number of rotatable bonds is 18. The summed E-state index contributed by atoms with van der Waals surface area (Å²) in [6.45, 7) is 6.22. The minimum Gasteiger partial charge on any atom is -0.549 e. The first-order valence-corrected chi connectivity index (χ1v) is 10.4. The molecule has 0 saturated carbocycles. The van der Waals surface area contributed by atoms with E-state index < -0.39 is 5.97 Å². The maximum atomic E-state index is 10.9. The maximum Gasteiger partial charge on any atom is 1.00 e. The summed E-state index contributed by atoms with van der Waals surface area (Å²) in [6, 6.07) is 0. The molecule has 26 heavy (non-hydrogen) atoms. The van der Waals surface area contributed by atoms with E-state index in [0.717, 1.165) is 38.8 Å². The Morgan fingerprint density at radius 2 is 1.15 bits per heavy atom. The van der Waals surface area contributed by atoms with Crippen molar-refractivity contribution in [2.75, 3.05) is 19.6 Å². The molecule has 0 amide bonds. The van der Waals surface area contributed by atoms with Gasteiger partial charge in [-0.05, 0) is 64.5 Å². The minimum atomic E-state index is -0.954. The molecule has 0 spiro atoms. The number of nitrogens with zero attached hydrogens (tertiary/aromatic N) is 1. The second kappa shape index (κ2) is 23.6. The van der Waals surface area contributed by atoms with Crippen molar-refractivity contribution >= 4 is 5.97 Å². The molecule has 0 aliphatic heterocycles. The first-order valence-electron chi connectivity index (χ1n) is 10.4. The van der Waals surface area contributed by atoms with E-state index in [9.17, 15) is 9.90 Å². The zero-order valence-electron chi connectivity index (χ0n) is 17.7. The standard InChI is InChI=1S/C22H41NO2.K/c1-3-5-7-9-11-13-15-17-19-23(21-22(24)25)20-18-16-14-12-10-8-6-4-2;/h7-10H,3-6,11-21H2,1-2H3,(H,24,25);/q;+1/p-1/b9-7+,10-8+;. The van der Waals surface area contributed by atoms with Gasteiger partial charge in [0.15, 0.2) is 0 Å². The number of allylic oxidation sites excluding steroid dienone is 4. The summed E-state index contributed by atoms with van der Waals surface area (Å²) in [5, 5.41) is 10.9. The number of hydrogen-bond acceptors (Lipinski definition) is 3. The molecule has 0 atom stereocenters. The van der Waals surface area contributed by atoms with Crippen molar-refractivity contribution in [3.63, 3.8) is 0 Å². The molecule has 0 aliphatic carbocycles. The Morgan fingerprint density at radius 3 is 1.54 bits per heavy atom. The number of carboxylic acid groups (broad SMARTS) is 1. The van der Waals surface area contributed by atoms with Crippen LogP contribution >= 0.6 is 0 Å². The zero-order valence-corrected chi connectivity index (χ0v) is 20.8. The first kappa shape index (κ1) is 28.8.